The predicted octanol–water partition coefficient (Wildman–Crippen LogP) is 3.58. The second-order valence-electron chi connectivity index (χ2n) is 7.30. The van der Waals surface area contributed by atoms with Crippen LogP contribution in [0, 0.1) is 10.1 Å². The summed E-state index contributed by atoms with van der Waals surface area (Å²) in [6, 6.07) is 13.8. The van der Waals surface area contributed by atoms with Gasteiger partial charge in [-0.1, -0.05) is 12.1 Å². The van der Waals surface area contributed by atoms with E-state index in [1.54, 1.807) is 19.2 Å². The SMILES string of the molecule is CN(C(=O)CN1CCC(c2nc3ccccc3o2)CC1)c1ccc([N+](=O)[O-])cc1. The molecule has 0 bridgehead atoms. The maximum Gasteiger partial charge on any atom is 0.269 e. The summed E-state index contributed by atoms with van der Waals surface area (Å²) in [6.45, 7) is 1.90. The Bertz CT molecular complexity index is 990. The van der Waals surface area contributed by atoms with Gasteiger partial charge in [0.05, 0.1) is 11.5 Å². The fourth-order valence-electron chi connectivity index (χ4n) is 3.64. The minimum Gasteiger partial charge on any atom is -0.440 e. The van der Waals surface area contributed by atoms with Crippen LogP contribution in [-0.4, -0.2) is 47.4 Å². The van der Waals surface area contributed by atoms with Crippen LogP contribution in [0.4, 0.5) is 11.4 Å². The number of nitro groups is 1. The van der Waals surface area contributed by atoms with E-state index in [-0.39, 0.29) is 17.5 Å². The van der Waals surface area contributed by atoms with E-state index >= 15 is 0 Å². The Morgan fingerprint density at radius 1 is 1.21 bits per heavy atom. The van der Waals surface area contributed by atoms with Crippen LogP contribution in [0.3, 0.4) is 0 Å². The molecule has 1 aliphatic heterocycles. The molecule has 1 aliphatic rings. The van der Waals surface area contributed by atoms with E-state index in [4.69, 9.17) is 4.42 Å². The summed E-state index contributed by atoms with van der Waals surface area (Å²) in [5.74, 6) is 1.00. The number of rotatable bonds is 5. The van der Waals surface area contributed by atoms with Gasteiger partial charge in [-0.15, -0.1) is 0 Å². The van der Waals surface area contributed by atoms with Crippen LogP contribution < -0.4 is 4.90 Å². The number of anilines is 1. The van der Waals surface area contributed by atoms with Gasteiger partial charge in [0, 0.05) is 30.8 Å². The fraction of sp³-hybridized carbons (Fsp3) is 0.333. The number of benzene rings is 2. The summed E-state index contributed by atoms with van der Waals surface area (Å²) in [4.78, 5) is 31.2. The first-order valence-corrected chi connectivity index (χ1v) is 9.60. The summed E-state index contributed by atoms with van der Waals surface area (Å²) in [5.41, 5.74) is 2.34. The summed E-state index contributed by atoms with van der Waals surface area (Å²) in [7, 11) is 1.69. The molecule has 0 N–H and O–H groups in total. The molecular formula is C21H22N4O4. The third kappa shape index (κ3) is 4.12. The number of non-ortho nitro benzene ring substituents is 1. The molecule has 0 unspecified atom stereocenters. The first-order valence-electron chi connectivity index (χ1n) is 9.60. The number of carbonyl (C=O) groups is 1. The molecule has 0 atom stereocenters. The van der Waals surface area contributed by atoms with Crippen molar-refractivity contribution in [2.45, 2.75) is 18.8 Å². The van der Waals surface area contributed by atoms with Crippen LogP contribution in [0.1, 0.15) is 24.7 Å². The molecule has 4 rings (SSSR count). The van der Waals surface area contributed by atoms with Gasteiger partial charge < -0.3 is 9.32 Å². The average Bonchev–Trinajstić information content (AvgIpc) is 3.18. The fourth-order valence-corrected chi connectivity index (χ4v) is 3.64. The molecule has 8 nitrogen and oxygen atoms in total. The Morgan fingerprint density at radius 3 is 2.55 bits per heavy atom. The normalized spacial score (nSPS) is 15.5. The molecule has 2 heterocycles. The lowest BCUT2D eigenvalue weighted by molar-refractivity contribution is -0.384. The molecule has 1 amide bonds. The molecular weight excluding hydrogens is 372 g/mol. The number of fused-ring (bicyclic) bond motifs is 1. The third-order valence-electron chi connectivity index (χ3n) is 5.43. The number of carbonyl (C=O) groups excluding carboxylic acids is 1. The smallest absolute Gasteiger partial charge is 0.269 e. The number of oxazole rings is 1. The molecule has 0 spiro atoms. The predicted molar refractivity (Wildman–Crippen MR) is 109 cm³/mol. The van der Waals surface area contributed by atoms with Crippen molar-refractivity contribution < 1.29 is 14.1 Å². The van der Waals surface area contributed by atoms with Gasteiger partial charge >= 0.3 is 0 Å². The van der Waals surface area contributed by atoms with Gasteiger partial charge in [0.15, 0.2) is 11.5 Å². The largest absolute Gasteiger partial charge is 0.440 e. The van der Waals surface area contributed by atoms with Crippen LogP contribution in [0.15, 0.2) is 52.9 Å². The highest BCUT2D eigenvalue weighted by atomic mass is 16.6. The Labute approximate surface area is 167 Å². The van der Waals surface area contributed by atoms with Crippen molar-refractivity contribution in [1.29, 1.82) is 0 Å². The molecule has 29 heavy (non-hydrogen) atoms. The Balaban J connectivity index is 1.32. The van der Waals surface area contributed by atoms with Crippen molar-refractivity contribution >= 4 is 28.4 Å². The van der Waals surface area contributed by atoms with E-state index in [1.807, 2.05) is 24.3 Å². The summed E-state index contributed by atoms with van der Waals surface area (Å²) in [6.07, 6.45) is 1.78. The van der Waals surface area contributed by atoms with Crippen LogP contribution in [-0.2, 0) is 4.79 Å². The van der Waals surface area contributed by atoms with Gasteiger partial charge in [-0.2, -0.15) is 0 Å². The van der Waals surface area contributed by atoms with E-state index in [0.29, 0.717) is 12.2 Å². The second-order valence-corrected chi connectivity index (χ2v) is 7.30. The van der Waals surface area contributed by atoms with Crippen molar-refractivity contribution in [3.05, 3.63) is 64.5 Å². The molecule has 8 heteroatoms. The minimum absolute atomic E-state index is 0.0101. The number of nitro benzene ring substituents is 1. The average molecular weight is 394 g/mol. The van der Waals surface area contributed by atoms with Gasteiger partial charge in [0.25, 0.3) is 5.69 Å². The zero-order chi connectivity index (χ0) is 20.4. The first kappa shape index (κ1) is 19.1. The summed E-state index contributed by atoms with van der Waals surface area (Å²) < 4.78 is 5.89. The topological polar surface area (TPSA) is 92.7 Å². The Morgan fingerprint density at radius 2 is 1.90 bits per heavy atom. The number of likely N-dealkylation sites (N-methyl/N-ethyl adjacent to an activating group) is 1. The van der Waals surface area contributed by atoms with Gasteiger partial charge in [0.2, 0.25) is 5.91 Å². The van der Waals surface area contributed by atoms with E-state index in [9.17, 15) is 14.9 Å². The summed E-state index contributed by atoms with van der Waals surface area (Å²) in [5, 5.41) is 10.8. The lowest BCUT2D eigenvalue weighted by Crippen LogP contribution is -2.42. The monoisotopic (exact) mass is 394 g/mol. The maximum absolute atomic E-state index is 12.6. The number of piperidine rings is 1. The molecule has 0 saturated carbocycles. The highest BCUT2D eigenvalue weighted by Crippen LogP contribution is 2.30. The lowest BCUT2D eigenvalue weighted by atomic mass is 9.97. The quantitative estimate of drug-likeness (QED) is 0.485. The van der Waals surface area contributed by atoms with Gasteiger partial charge in [-0.3, -0.25) is 19.8 Å². The number of hydrogen-bond donors (Lipinski definition) is 0. The van der Waals surface area contributed by atoms with Gasteiger partial charge in [-0.05, 0) is 50.2 Å². The number of para-hydroxylation sites is 2. The molecule has 1 fully saturated rings. The van der Waals surface area contributed by atoms with E-state index in [0.717, 1.165) is 42.9 Å². The van der Waals surface area contributed by atoms with Gasteiger partial charge in [0.1, 0.15) is 5.52 Å². The highest BCUT2D eigenvalue weighted by molar-refractivity contribution is 5.94. The molecule has 0 aliphatic carbocycles. The number of likely N-dealkylation sites (tertiary alicyclic amines) is 1. The van der Waals surface area contributed by atoms with Crippen LogP contribution in [0.25, 0.3) is 11.1 Å². The molecule has 1 aromatic heterocycles. The minimum atomic E-state index is -0.452. The molecule has 3 aromatic rings. The van der Waals surface area contributed by atoms with Crippen molar-refractivity contribution in [2.24, 2.45) is 0 Å². The van der Waals surface area contributed by atoms with Crippen molar-refractivity contribution in [3.63, 3.8) is 0 Å². The zero-order valence-corrected chi connectivity index (χ0v) is 16.2. The molecule has 2 aromatic carbocycles. The van der Waals surface area contributed by atoms with Crippen LogP contribution in [0.5, 0.6) is 0 Å². The van der Waals surface area contributed by atoms with Crippen LogP contribution >= 0.6 is 0 Å². The van der Waals surface area contributed by atoms with E-state index in [2.05, 4.69) is 9.88 Å². The van der Waals surface area contributed by atoms with E-state index < -0.39 is 4.92 Å². The number of hydrogen-bond acceptors (Lipinski definition) is 6. The number of aromatic nitrogens is 1. The first-order chi connectivity index (χ1) is 14.0. The molecule has 150 valence electrons. The number of amides is 1. The van der Waals surface area contributed by atoms with Crippen molar-refractivity contribution in [3.8, 4) is 0 Å². The lowest BCUT2D eigenvalue weighted by Gasteiger charge is -2.31. The van der Waals surface area contributed by atoms with E-state index in [1.165, 1.54) is 17.0 Å². The van der Waals surface area contributed by atoms with Crippen LogP contribution in [0.2, 0.25) is 0 Å². The van der Waals surface area contributed by atoms with Gasteiger partial charge in [-0.25, -0.2) is 4.98 Å². The third-order valence-corrected chi connectivity index (χ3v) is 5.43. The zero-order valence-electron chi connectivity index (χ0n) is 16.2. The Hall–Kier alpha value is -3.26. The maximum atomic E-state index is 12.6. The molecule has 0 radical (unpaired) electrons. The van der Waals surface area contributed by atoms with Crippen molar-refractivity contribution in [1.82, 2.24) is 9.88 Å². The molecule has 1 saturated heterocycles. The Kier molecular flexibility index (Phi) is 5.26. The summed E-state index contributed by atoms with van der Waals surface area (Å²) >= 11 is 0. The van der Waals surface area contributed by atoms with Crippen molar-refractivity contribution in [2.75, 3.05) is 31.6 Å². The number of nitrogens with zero attached hydrogens (tertiary/aromatic N) is 4. The second kappa shape index (κ2) is 8.00. The highest BCUT2D eigenvalue weighted by Gasteiger charge is 2.26. The standard InChI is InChI=1S/C21H22N4O4/c1-23(16-6-8-17(9-7-16)25(27)28)20(26)14-24-12-10-15(11-13-24)21-22-18-4-2-3-5-19(18)29-21/h2-9,15H,10-14H2,1H3.